The lowest BCUT2D eigenvalue weighted by atomic mass is 10.3. The summed E-state index contributed by atoms with van der Waals surface area (Å²) in [4.78, 5) is 7.17. The molecule has 2 aromatic heterocycles. The minimum Gasteiger partial charge on any atom is -0.360 e. The standard InChI is InChI=1S/C7H6N2.2C4H10.C2H6/c1-2-6-7(8-4-1)3-5-9-6;2*1-4(2)3;1-2/h1-5,9H;2*4H,1-3H3;1-2H3. The Bertz CT molecular complexity index is 347. The number of nitrogens with zero attached hydrogens (tertiary/aromatic N) is 1. The molecule has 0 atom stereocenters. The topological polar surface area (TPSA) is 28.7 Å². The first-order valence-electron chi connectivity index (χ1n) is 7.31. The predicted molar refractivity (Wildman–Crippen MR) is 88.5 cm³/mol. The average Bonchev–Trinajstić information content (AvgIpc) is 2.78. The van der Waals surface area contributed by atoms with Crippen LogP contribution in [0.2, 0.25) is 0 Å². The van der Waals surface area contributed by atoms with Gasteiger partial charge in [-0.1, -0.05) is 55.4 Å². The molecule has 2 aromatic rings. The summed E-state index contributed by atoms with van der Waals surface area (Å²) in [5.41, 5.74) is 2.12. The predicted octanol–water partition coefficient (Wildman–Crippen LogP) is 5.91. The molecule has 1 N–H and O–H groups in total. The third kappa shape index (κ3) is 14.6. The Morgan fingerprint density at radius 1 is 0.895 bits per heavy atom. The second-order valence-electron chi connectivity index (χ2n) is 5.38. The zero-order chi connectivity index (χ0) is 15.3. The molecule has 2 nitrogen and oxygen atoms in total. The summed E-state index contributed by atoms with van der Waals surface area (Å²) in [5, 5.41) is 0. The monoisotopic (exact) mass is 264 g/mol. The molecule has 0 aliphatic carbocycles. The molecule has 0 aliphatic rings. The van der Waals surface area contributed by atoms with Crippen molar-refractivity contribution < 1.29 is 0 Å². The van der Waals surface area contributed by atoms with Gasteiger partial charge in [0.2, 0.25) is 0 Å². The Balaban J connectivity index is 0. The van der Waals surface area contributed by atoms with Crippen LogP contribution >= 0.6 is 0 Å². The summed E-state index contributed by atoms with van der Waals surface area (Å²) >= 11 is 0. The van der Waals surface area contributed by atoms with E-state index in [4.69, 9.17) is 0 Å². The molecular formula is C17H32N2. The quantitative estimate of drug-likeness (QED) is 0.629. The third-order valence-corrected chi connectivity index (χ3v) is 1.32. The molecule has 0 saturated heterocycles. The summed E-state index contributed by atoms with van der Waals surface area (Å²) in [7, 11) is 0. The molecule has 0 saturated carbocycles. The maximum absolute atomic E-state index is 4.11. The van der Waals surface area contributed by atoms with Gasteiger partial charge < -0.3 is 4.98 Å². The van der Waals surface area contributed by atoms with Crippen molar-refractivity contribution >= 4 is 11.0 Å². The number of pyridine rings is 1. The number of hydrogen-bond donors (Lipinski definition) is 1. The van der Waals surface area contributed by atoms with Gasteiger partial charge in [-0.2, -0.15) is 0 Å². The van der Waals surface area contributed by atoms with Gasteiger partial charge in [-0.3, -0.25) is 4.98 Å². The number of aromatic amines is 1. The lowest BCUT2D eigenvalue weighted by Crippen LogP contribution is -1.68. The highest BCUT2D eigenvalue weighted by Crippen LogP contribution is 2.05. The molecule has 2 rings (SSSR count). The van der Waals surface area contributed by atoms with Crippen LogP contribution in [0.5, 0.6) is 0 Å². The molecular weight excluding hydrogens is 232 g/mol. The number of hydrogen-bond acceptors (Lipinski definition) is 1. The molecule has 0 amide bonds. The van der Waals surface area contributed by atoms with E-state index in [0.29, 0.717) is 0 Å². The van der Waals surface area contributed by atoms with Crippen molar-refractivity contribution in [1.29, 1.82) is 0 Å². The van der Waals surface area contributed by atoms with E-state index in [2.05, 4.69) is 51.5 Å². The van der Waals surface area contributed by atoms with E-state index in [1.54, 1.807) is 6.20 Å². The first kappa shape index (κ1) is 20.0. The Kier molecular flexibility index (Phi) is 13.8. The van der Waals surface area contributed by atoms with E-state index in [-0.39, 0.29) is 0 Å². The second kappa shape index (κ2) is 13.1. The van der Waals surface area contributed by atoms with Gasteiger partial charge in [0.15, 0.2) is 0 Å². The minimum atomic E-state index is 0.833. The molecule has 19 heavy (non-hydrogen) atoms. The minimum absolute atomic E-state index is 0.833. The zero-order valence-corrected chi connectivity index (χ0v) is 14.0. The summed E-state index contributed by atoms with van der Waals surface area (Å²) < 4.78 is 0. The molecule has 0 aliphatic heterocycles. The van der Waals surface area contributed by atoms with E-state index in [1.165, 1.54) is 0 Å². The van der Waals surface area contributed by atoms with E-state index < -0.39 is 0 Å². The van der Waals surface area contributed by atoms with E-state index in [9.17, 15) is 0 Å². The largest absolute Gasteiger partial charge is 0.360 e. The maximum atomic E-state index is 4.11. The van der Waals surface area contributed by atoms with E-state index in [1.807, 2.05) is 38.2 Å². The van der Waals surface area contributed by atoms with Crippen molar-refractivity contribution in [3.63, 3.8) is 0 Å². The molecule has 110 valence electrons. The Morgan fingerprint density at radius 2 is 1.37 bits per heavy atom. The molecule has 0 fully saturated rings. The van der Waals surface area contributed by atoms with Crippen molar-refractivity contribution in [3.8, 4) is 0 Å². The molecule has 2 heterocycles. The summed E-state index contributed by atoms with van der Waals surface area (Å²) in [6.45, 7) is 17.0. The van der Waals surface area contributed by atoms with Crippen molar-refractivity contribution in [1.82, 2.24) is 9.97 Å². The number of aromatic nitrogens is 2. The normalized spacial score (nSPS) is 8.95. The van der Waals surface area contributed by atoms with Crippen LogP contribution in [0.3, 0.4) is 0 Å². The number of nitrogens with one attached hydrogen (secondary N) is 1. The lowest BCUT2D eigenvalue weighted by molar-refractivity contribution is 0.736. The van der Waals surface area contributed by atoms with Crippen LogP contribution < -0.4 is 0 Å². The highest BCUT2D eigenvalue weighted by molar-refractivity contribution is 5.73. The summed E-state index contributed by atoms with van der Waals surface area (Å²) in [6.07, 6.45) is 3.67. The van der Waals surface area contributed by atoms with Crippen molar-refractivity contribution in [2.75, 3.05) is 0 Å². The van der Waals surface area contributed by atoms with E-state index >= 15 is 0 Å². The summed E-state index contributed by atoms with van der Waals surface area (Å²) in [6, 6.07) is 5.87. The lowest BCUT2D eigenvalue weighted by Gasteiger charge is -1.82. The van der Waals surface area contributed by atoms with Gasteiger partial charge in [0.05, 0.1) is 11.0 Å². The van der Waals surface area contributed by atoms with Gasteiger partial charge in [-0.25, -0.2) is 0 Å². The first-order valence-corrected chi connectivity index (χ1v) is 7.31. The Morgan fingerprint density at radius 3 is 1.79 bits per heavy atom. The smallest absolute Gasteiger partial charge is 0.0878 e. The zero-order valence-electron chi connectivity index (χ0n) is 14.0. The SMILES string of the molecule is CC.CC(C)C.CC(C)C.c1cnc2cc[nH]c2c1. The van der Waals surface area contributed by atoms with Crippen molar-refractivity contribution in [3.05, 3.63) is 30.6 Å². The van der Waals surface area contributed by atoms with Gasteiger partial charge in [0.1, 0.15) is 0 Å². The third-order valence-electron chi connectivity index (χ3n) is 1.32. The van der Waals surface area contributed by atoms with Gasteiger partial charge in [-0.05, 0) is 30.0 Å². The van der Waals surface area contributed by atoms with Crippen molar-refractivity contribution in [2.45, 2.75) is 55.4 Å². The van der Waals surface area contributed by atoms with Crippen molar-refractivity contribution in [2.24, 2.45) is 11.8 Å². The summed E-state index contributed by atoms with van der Waals surface area (Å²) in [5.74, 6) is 1.67. The molecule has 0 radical (unpaired) electrons. The fourth-order valence-electron chi connectivity index (χ4n) is 0.883. The molecule has 0 aromatic carbocycles. The first-order chi connectivity index (χ1) is 8.93. The van der Waals surface area contributed by atoms with Gasteiger partial charge in [0.25, 0.3) is 0 Å². The van der Waals surface area contributed by atoms with Crippen LogP contribution in [0.1, 0.15) is 55.4 Å². The van der Waals surface area contributed by atoms with Gasteiger partial charge in [-0.15, -0.1) is 0 Å². The Labute approximate surface area is 119 Å². The average molecular weight is 264 g/mol. The van der Waals surface area contributed by atoms with Crippen LogP contribution in [0.25, 0.3) is 11.0 Å². The van der Waals surface area contributed by atoms with Crippen LogP contribution in [0.4, 0.5) is 0 Å². The number of fused-ring (bicyclic) bond motifs is 1. The maximum Gasteiger partial charge on any atom is 0.0878 e. The molecule has 0 unspecified atom stereocenters. The fraction of sp³-hybridized carbons (Fsp3) is 0.588. The van der Waals surface area contributed by atoms with Crippen LogP contribution in [0, 0.1) is 11.8 Å². The molecule has 2 heteroatoms. The number of rotatable bonds is 0. The van der Waals surface area contributed by atoms with E-state index in [0.717, 1.165) is 22.9 Å². The van der Waals surface area contributed by atoms with Gasteiger partial charge in [0, 0.05) is 12.4 Å². The fourth-order valence-corrected chi connectivity index (χ4v) is 0.883. The highest BCUT2D eigenvalue weighted by atomic mass is 14.7. The van der Waals surface area contributed by atoms with Crippen LogP contribution in [-0.4, -0.2) is 9.97 Å². The van der Waals surface area contributed by atoms with Crippen LogP contribution in [-0.2, 0) is 0 Å². The highest BCUT2D eigenvalue weighted by Gasteiger charge is 1.88. The van der Waals surface area contributed by atoms with Crippen LogP contribution in [0.15, 0.2) is 30.6 Å². The Hall–Kier alpha value is -1.31. The van der Waals surface area contributed by atoms with Gasteiger partial charge >= 0.3 is 0 Å². The molecule has 0 spiro atoms. The second-order valence-corrected chi connectivity index (χ2v) is 5.38. The molecule has 0 bridgehead atoms. The number of H-pyrrole nitrogens is 1.